The minimum Gasteiger partial charge on any atom is -0.477 e. The summed E-state index contributed by atoms with van der Waals surface area (Å²) in [6, 6.07) is -6.14. The third-order valence-corrected chi connectivity index (χ3v) is 25.9. The van der Waals surface area contributed by atoms with Crippen LogP contribution in [0, 0.1) is 0 Å². The Hall–Kier alpha value is -5.79. The van der Waals surface area contributed by atoms with Gasteiger partial charge in [0.15, 0.2) is 37.7 Å². The van der Waals surface area contributed by atoms with E-state index in [1.807, 2.05) is 0 Å². The van der Waals surface area contributed by atoms with Crippen molar-refractivity contribution in [2.75, 3.05) is 66.1 Å². The Kier molecular flexibility index (Phi) is 41.9. The molecule has 10 fully saturated rings. The summed E-state index contributed by atoms with van der Waals surface area (Å²) in [5.41, 5.74) is 0. The molecule has 66 nitrogen and oxygen atoms in total. The molecule has 832 valence electrons. The monoisotopic (exact) mass is 2110 g/mol. The Morgan fingerprint density at radius 3 is 1.19 bits per heavy atom. The summed E-state index contributed by atoms with van der Waals surface area (Å²) in [5.74, 6) is -26.8. The number of carboxylic acid groups (broad SMARTS) is 4. The maximum Gasteiger partial charge on any atom is 0.364 e. The zero-order valence-corrected chi connectivity index (χ0v) is 75.9. The number of rotatable bonds is 43. The maximum absolute atomic E-state index is 13.8. The van der Waals surface area contributed by atoms with Gasteiger partial charge in [0.2, 0.25) is 17.7 Å². The number of aliphatic hydroxyl groups is 33. The van der Waals surface area contributed by atoms with Gasteiger partial charge in [-0.1, -0.05) is 0 Å². The fourth-order valence-electron chi connectivity index (χ4n) is 18.4. The first kappa shape index (κ1) is 120. The van der Waals surface area contributed by atoms with E-state index in [4.69, 9.17) is 90.0 Å². The molecule has 10 heterocycles. The second-order valence-electron chi connectivity index (χ2n) is 35.9. The molecule has 10 aliphatic rings. The van der Waals surface area contributed by atoms with E-state index in [9.17, 15) is 223 Å². The van der Waals surface area contributed by atoms with Gasteiger partial charge in [-0.2, -0.15) is 0 Å². The average Bonchev–Trinajstić information content (AvgIpc) is 0.739. The first-order valence-corrected chi connectivity index (χ1v) is 44.7. The topological polar surface area (TPSA) is 1080 Å². The number of hydrogen-bond donors (Lipinski definition) is 40. The second-order valence-corrected chi connectivity index (χ2v) is 35.9. The summed E-state index contributed by atoms with van der Waals surface area (Å²) in [5, 5.41) is 421. The van der Waals surface area contributed by atoms with Crippen LogP contribution in [0.25, 0.3) is 0 Å². The Morgan fingerprint density at radius 1 is 0.306 bits per heavy atom. The Labute approximate surface area is 809 Å². The van der Waals surface area contributed by atoms with Crippen molar-refractivity contribution in [3.63, 3.8) is 0 Å². The van der Waals surface area contributed by atoms with E-state index in [1.165, 1.54) is 0 Å². The molecule has 0 radical (unpaired) electrons. The standard InChI is InChI=1S/C78H127N3O63/c1-18(92)79-35-21(95)4-76(72(119)120,142-59(35)39(104)24(98)8-82)139-33(16-90)43(108)60-36(80-19(2)93)22(96)5-78(143-60,74(123)124)144-62-42(107)32(15-89)128-68(50(62)115)134-58-37(81-20(3)94)65(126-31(14-88)41(58)106)132-56-34(17-91)129-67(47(112)45(56)110)135-61-48(113)52(25(99)9-83)130-69(49(61)114)136-63-51(116)70(131-54(27(101)11-85)64(63)137-66-46(111)44(109)40(105)30(13-87)127-66)133-57-29(7-75(125,71(117)118)140-55(57)28(102)12-86)138-77(73(121)122)6-23(97)38(103)53(141-77)26(100)10-84/h21-70,82-91,95-116,125H,4-17H2,1-3H3,(H,79,92)(H,80,93)(H,81,94)(H,117,118)(H,119,120)(H,121,122)(H,123,124)/t21-,22-,23+,24+,25-,26+,27-,28+,29+,30+,31+,32+,33+,34+,35+,36+,37+,38+,39+,40+,41-,42-,43+,44-,45+,46+,47+,48+,49-,50+,51-,52+,53+,54+,55+,56-,57+,58+,59+,60+,61-,62-,63+,64+,65-,66-,67-,68-,69+,70+,75+,76+,77+,78-/m0/s1. The first-order valence-electron chi connectivity index (χ1n) is 44.7. The molecule has 0 aromatic carbocycles. The lowest BCUT2D eigenvalue weighted by Gasteiger charge is -2.53. The Morgan fingerprint density at radius 2 is 0.688 bits per heavy atom. The molecule has 144 heavy (non-hydrogen) atoms. The zero-order chi connectivity index (χ0) is 107. The smallest absolute Gasteiger partial charge is 0.364 e. The van der Waals surface area contributed by atoms with Gasteiger partial charge in [0.25, 0.3) is 23.1 Å². The van der Waals surface area contributed by atoms with Gasteiger partial charge >= 0.3 is 23.9 Å². The van der Waals surface area contributed by atoms with Gasteiger partial charge in [-0.3, -0.25) is 14.4 Å². The van der Waals surface area contributed by atoms with Crippen molar-refractivity contribution >= 4 is 41.6 Å². The molecule has 10 saturated heterocycles. The number of amides is 3. The van der Waals surface area contributed by atoms with Crippen molar-refractivity contribution in [3.05, 3.63) is 0 Å². The highest BCUT2D eigenvalue weighted by molar-refractivity contribution is 5.79. The van der Waals surface area contributed by atoms with E-state index < -0.39 is 463 Å². The summed E-state index contributed by atoms with van der Waals surface area (Å²) >= 11 is 0. The van der Waals surface area contributed by atoms with Crippen LogP contribution in [0.2, 0.25) is 0 Å². The van der Waals surface area contributed by atoms with E-state index in [0.29, 0.717) is 0 Å². The SMILES string of the molecule is CC(=O)N[C@H]1[C@H](O[C@@H]2[C@H](O)[C@@H](O)[C@H](O[C@@H]3[C@H](O)[C@@H](O[C@@H]4[C@H](O)[C@@H](O[C@H]5[C@@H]([C@H](O)CO)O[C@@](O)(C(=O)O)C[C@H]5O[C@]5(C(=O)O)C[C@@H](O)[C@@H](O)[C@@H]([C@H](O)CO)O5)O[C@H]([C@@H](O)CO)[C@H]4O[C@@H]4O[C@H](CO)[C@@H](O)[C@H](O)[C@H]4O)O[C@H]([C@@H](O)CO)[C@H]3O)O[C@@H]2CO)O[C@H](CO)[C@H](O)[C@@H]1O[C@@H]1O[C@H](CO)[C@H](O)[C@H](O[C@]2(C(=O)O)C[C@H](O)[C@@H](NC(C)=O)[C@H]([C@H](O)[C@@H](CO)O[C@]3(C(=O)O)C[C@H](O)[C@@H](NC(C)=O)[C@H]([C@H](O)[C@H](O)CO)O3)O2)[C@H]1O. The van der Waals surface area contributed by atoms with Crippen LogP contribution in [0.1, 0.15) is 46.5 Å². The van der Waals surface area contributed by atoms with E-state index in [0.717, 1.165) is 20.8 Å². The van der Waals surface area contributed by atoms with Crippen LogP contribution in [-0.4, -0.2) is 626 Å². The molecule has 40 N–H and O–H groups in total. The fraction of sp³-hybridized carbons (Fsp3) is 0.910. The Balaban J connectivity index is 0.940. The van der Waals surface area contributed by atoms with Gasteiger partial charge in [-0.15, -0.1) is 0 Å². The van der Waals surface area contributed by atoms with Crippen molar-refractivity contribution < 1.29 is 313 Å². The van der Waals surface area contributed by atoms with Crippen LogP contribution in [0.3, 0.4) is 0 Å². The van der Waals surface area contributed by atoms with Crippen LogP contribution in [0.4, 0.5) is 0 Å². The number of carboxylic acids is 4. The molecule has 0 aromatic heterocycles. The number of carbonyl (C=O) groups excluding carboxylic acids is 3. The van der Waals surface area contributed by atoms with Gasteiger partial charge in [0, 0.05) is 46.5 Å². The molecular formula is C78H127N3O63. The van der Waals surface area contributed by atoms with Crippen LogP contribution in [-0.2, 0) is 124 Å². The van der Waals surface area contributed by atoms with Crippen LogP contribution < -0.4 is 16.0 Å². The number of aliphatic carboxylic acids is 4. The van der Waals surface area contributed by atoms with Crippen molar-refractivity contribution in [2.45, 2.75) is 376 Å². The molecule has 3 amide bonds. The lowest BCUT2D eigenvalue weighted by molar-refractivity contribution is -0.417. The molecule has 0 bridgehead atoms. The van der Waals surface area contributed by atoms with Crippen molar-refractivity contribution in [3.8, 4) is 0 Å². The average molecular weight is 2110 g/mol. The lowest BCUT2D eigenvalue weighted by atomic mass is 9.87. The van der Waals surface area contributed by atoms with E-state index >= 15 is 0 Å². The predicted molar refractivity (Wildman–Crippen MR) is 433 cm³/mol. The van der Waals surface area contributed by atoms with Gasteiger partial charge in [0.1, 0.15) is 232 Å². The largest absolute Gasteiger partial charge is 0.477 e. The maximum atomic E-state index is 13.8. The minimum absolute atomic E-state index is 0.797. The molecule has 54 atom stereocenters. The van der Waals surface area contributed by atoms with E-state index in [2.05, 4.69) is 16.0 Å². The predicted octanol–water partition coefficient (Wildman–Crippen LogP) is -25.5. The number of hydrogen-bond acceptors (Lipinski definition) is 59. The lowest BCUT2D eigenvalue weighted by Crippen LogP contribution is -2.72. The number of aliphatic hydroxyl groups excluding tert-OH is 32. The molecule has 0 aromatic rings. The number of ether oxygens (including phenoxy) is 19. The van der Waals surface area contributed by atoms with Gasteiger partial charge in [-0.05, 0) is 0 Å². The Bertz CT molecular complexity index is 4150. The quantitative estimate of drug-likeness (QED) is 0.0270. The number of carbonyl (C=O) groups is 7. The first-order chi connectivity index (χ1) is 67.6. The van der Waals surface area contributed by atoms with Crippen molar-refractivity contribution in [2.24, 2.45) is 0 Å². The van der Waals surface area contributed by atoms with Gasteiger partial charge in [-0.25, -0.2) is 19.2 Å². The summed E-state index contributed by atoms with van der Waals surface area (Å²) in [4.78, 5) is 91.8. The van der Waals surface area contributed by atoms with E-state index in [1.54, 1.807) is 0 Å². The molecule has 10 rings (SSSR count). The second kappa shape index (κ2) is 50.2. The van der Waals surface area contributed by atoms with Crippen LogP contribution in [0.15, 0.2) is 0 Å². The van der Waals surface area contributed by atoms with Crippen LogP contribution >= 0.6 is 0 Å². The molecule has 0 spiro atoms. The number of nitrogens with one attached hydrogen (secondary N) is 3. The fourth-order valence-corrected chi connectivity index (χ4v) is 18.4. The third-order valence-electron chi connectivity index (χ3n) is 25.9. The van der Waals surface area contributed by atoms with Crippen molar-refractivity contribution in [1.29, 1.82) is 0 Å². The normalized spacial score (nSPS) is 45.7. The molecule has 10 aliphatic heterocycles. The highest BCUT2D eigenvalue weighted by atomic mass is 16.8. The highest BCUT2D eigenvalue weighted by Gasteiger charge is 2.68. The molecule has 0 aliphatic carbocycles. The summed E-state index contributed by atoms with van der Waals surface area (Å²) in [6.45, 7) is -11.6. The summed E-state index contributed by atoms with van der Waals surface area (Å²) in [6.07, 6.45) is -123. The summed E-state index contributed by atoms with van der Waals surface area (Å²) < 4.78 is 111. The third kappa shape index (κ3) is 25.4. The molecule has 0 saturated carbocycles. The molecule has 0 unspecified atom stereocenters. The summed E-state index contributed by atoms with van der Waals surface area (Å²) in [7, 11) is 0. The highest BCUT2D eigenvalue weighted by Crippen LogP contribution is 2.47. The zero-order valence-electron chi connectivity index (χ0n) is 75.9. The van der Waals surface area contributed by atoms with Crippen molar-refractivity contribution in [1.82, 2.24) is 16.0 Å². The van der Waals surface area contributed by atoms with E-state index in [-0.39, 0.29) is 0 Å². The van der Waals surface area contributed by atoms with Gasteiger partial charge < -0.3 is 295 Å². The molecular weight excluding hydrogens is 1990 g/mol. The molecule has 66 heteroatoms. The van der Waals surface area contributed by atoms with Crippen LogP contribution in [0.5, 0.6) is 0 Å². The minimum atomic E-state index is -3.71. The van der Waals surface area contributed by atoms with Gasteiger partial charge in [0.05, 0.1) is 103 Å².